The van der Waals surface area contributed by atoms with Crippen LogP contribution in [0, 0.1) is 0 Å². The Morgan fingerprint density at radius 1 is 0.963 bits per heavy atom. The number of nitrogens with zero attached hydrogens (tertiary/aromatic N) is 2. The molecule has 4 aromatic rings. The van der Waals surface area contributed by atoms with Crippen LogP contribution in [0.4, 0.5) is 0 Å². The van der Waals surface area contributed by atoms with Crippen LogP contribution in [0.3, 0.4) is 0 Å². The van der Waals surface area contributed by atoms with Gasteiger partial charge >= 0.3 is 0 Å². The molecule has 5 heteroatoms. The van der Waals surface area contributed by atoms with E-state index in [0.29, 0.717) is 23.1 Å². The first-order valence-electron chi connectivity index (χ1n) is 8.80. The summed E-state index contributed by atoms with van der Waals surface area (Å²) in [4.78, 5) is 33.7. The minimum Gasteiger partial charge on any atom is -0.338 e. The van der Waals surface area contributed by atoms with Gasteiger partial charge in [0.2, 0.25) is 5.91 Å². The van der Waals surface area contributed by atoms with Crippen molar-refractivity contribution in [3.05, 3.63) is 88.5 Å². The summed E-state index contributed by atoms with van der Waals surface area (Å²) in [5.74, 6) is 0.453. The van der Waals surface area contributed by atoms with E-state index >= 15 is 0 Å². The van der Waals surface area contributed by atoms with Crippen LogP contribution < -0.4 is 5.56 Å². The molecule has 0 spiro atoms. The minimum absolute atomic E-state index is 0.0258. The molecule has 27 heavy (non-hydrogen) atoms. The van der Waals surface area contributed by atoms with Crippen LogP contribution in [0.2, 0.25) is 0 Å². The van der Waals surface area contributed by atoms with E-state index in [1.165, 1.54) is 0 Å². The fourth-order valence-corrected chi connectivity index (χ4v) is 3.27. The van der Waals surface area contributed by atoms with Crippen LogP contribution in [0.25, 0.3) is 21.7 Å². The lowest BCUT2D eigenvalue weighted by Crippen LogP contribution is -2.29. The minimum atomic E-state index is -0.189. The average Bonchev–Trinajstić information content (AvgIpc) is 2.68. The lowest BCUT2D eigenvalue weighted by atomic mass is 10.0. The molecule has 3 aromatic carbocycles. The molecule has 0 fully saturated rings. The van der Waals surface area contributed by atoms with Gasteiger partial charge in [-0.2, -0.15) is 0 Å². The van der Waals surface area contributed by atoms with Gasteiger partial charge in [0.1, 0.15) is 5.82 Å². The smallest absolute Gasteiger partial charge is 0.258 e. The third-order valence-electron chi connectivity index (χ3n) is 4.70. The van der Waals surface area contributed by atoms with E-state index < -0.39 is 0 Å². The highest BCUT2D eigenvalue weighted by Gasteiger charge is 2.14. The highest BCUT2D eigenvalue weighted by Crippen LogP contribution is 2.19. The highest BCUT2D eigenvalue weighted by molar-refractivity contribution is 5.90. The van der Waals surface area contributed by atoms with Crippen molar-refractivity contribution in [1.29, 1.82) is 0 Å². The second-order valence-electron chi connectivity index (χ2n) is 6.59. The first kappa shape index (κ1) is 17.0. The number of likely N-dealkylation sites (N-methyl/N-ethyl adjacent to an activating group) is 1. The number of nitrogens with one attached hydrogen (secondary N) is 1. The Balaban J connectivity index is 1.55. The predicted molar refractivity (Wildman–Crippen MR) is 106 cm³/mol. The van der Waals surface area contributed by atoms with E-state index in [9.17, 15) is 9.59 Å². The first-order valence-corrected chi connectivity index (χ1v) is 8.80. The molecule has 1 aromatic heterocycles. The molecule has 0 bridgehead atoms. The molecule has 0 aliphatic rings. The largest absolute Gasteiger partial charge is 0.338 e. The molecule has 0 aliphatic heterocycles. The van der Waals surface area contributed by atoms with Crippen molar-refractivity contribution in [2.24, 2.45) is 0 Å². The summed E-state index contributed by atoms with van der Waals surface area (Å²) < 4.78 is 0. The molecular formula is C22H19N3O2. The number of para-hydroxylation sites is 1. The second-order valence-corrected chi connectivity index (χ2v) is 6.59. The molecule has 0 atom stereocenters. The Morgan fingerprint density at radius 3 is 2.52 bits per heavy atom. The SMILES string of the molecule is CN(Cc1nc2ccccc2c(=O)[nH]1)C(=O)Cc1cccc2ccccc12. The molecule has 1 amide bonds. The van der Waals surface area contributed by atoms with Crippen molar-refractivity contribution in [3.63, 3.8) is 0 Å². The van der Waals surface area contributed by atoms with Gasteiger partial charge in [-0.05, 0) is 28.5 Å². The van der Waals surface area contributed by atoms with Crippen LogP contribution in [0.1, 0.15) is 11.4 Å². The van der Waals surface area contributed by atoms with Crippen LogP contribution in [-0.4, -0.2) is 27.8 Å². The molecule has 1 N–H and O–H groups in total. The fourth-order valence-electron chi connectivity index (χ4n) is 3.27. The highest BCUT2D eigenvalue weighted by atomic mass is 16.2. The molecule has 0 saturated carbocycles. The molecule has 0 unspecified atom stereocenters. The maximum Gasteiger partial charge on any atom is 0.258 e. The van der Waals surface area contributed by atoms with Gasteiger partial charge in [0.25, 0.3) is 5.56 Å². The van der Waals surface area contributed by atoms with E-state index in [2.05, 4.69) is 9.97 Å². The standard InChI is InChI=1S/C22H19N3O2/c1-25(14-20-23-19-12-5-4-11-18(19)22(27)24-20)21(26)13-16-9-6-8-15-7-2-3-10-17(15)16/h2-12H,13-14H2,1H3,(H,23,24,27). The molecule has 5 nitrogen and oxygen atoms in total. The topological polar surface area (TPSA) is 66.1 Å². The Kier molecular flexibility index (Phi) is 4.42. The van der Waals surface area contributed by atoms with Gasteiger partial charge in [0, 0.05) is 7.05 Å². The van der Waals surface area contributed by atoms with E-state index in [1.807, 2.05) is 48.5 Å². The number of H-pyrrole nitrogens is 1. The van der Waals surface area contributed by atoms with Gasteiger partial charge in [0.15, 0.2) is 0 Å². The lowest BCUT2D eigenvalue weighted by Gasteiger charge is -2.17. The van der Waals surface area contributed by atoms with Gasteiger partial charge in [-0.3, -0.25) is 9.59 Å². The zero-order valence-electron chi connectivity index (χ0n) is 15.0. The van der Waals surface area contributed by atoms with Crippen LogP contribution in [0.15, 0.2) is 71.5 Å². The van der Waals surface area contributed by atoms with Crippen LogP contribution in [-0.2, 0) is 17.8 Å². The van der Waals surface area contributed by atoms with Crippen molar-refractivity contribution in [2.45, 2.75) is 13.0 Å². The summed E-state index contributed by atoms with van der Waals surface area (Å²) in [6.45, 7) is 0.254. The summed E-state index contributed by atoms with van der Waals surface area (Å²) in [5, 5.41) is 2.75. The summed E-state index contributed by atoms with van der Waals surface area (Å²) in [6, 6.07) is 21.2. The number of hydrogen-bond acceptors (Lipinski definition) is 3. The number of carbonyl (C=O) groups is 1. The van der Waals surface area contributed by atoms with Crippen molar-refractivity contribution in [1.82, 2.24) is 14.9 Å². The number of carbonyl (C=O) groups excluding carboxylic acids is 1. The Bertz CT molecular complexity index is 1190. The van der Waals surface area contributed by atoms with Gasteiger partial charge < -0.3 is 9.88 Å². The molecule has 134 valence electrons. The molecular weight excluding hydrogens is 338 g/mol. The normalized spacial score (nSPS) is 11.0. The van der Waals surface area contributed by atoms with E-state index in [0.717, 1.165) is 16.3 Å². The number of aromatic nitrogens is 2. The predicted octanol–water partition coefficient (Wildman–Crippen LogP) is 3.28. The first-order chi connectivity index (χ1) is 13.1. The van der Waals surface area contributed by atoms with Crippen molar-refractivity contribution in [2.75, 3.05) is 7.05 Å². The molecule has 1 heterocycles. The van der Waals surface area contributed by atoms with Crippen molar-refractivity contribution in [3.8, 4) is 0 Å². The lowest BCUT2D eigenvalue weighted by molar-refractivity contribution is -0.129. The maximum absolute atomic E-state index is 12.7. The van der Waals surface area contributed by atoms with E-state index in [1.54, 1.807) is 30.1 Å². The Morgan fingerprint density at radius 2 is 1.67 bits per heavy atom. The van der Waals surface area contributed by atoms with E-state index in [4.69, 9.17) is 0 Å². The third-order valence-corrected chi connectivity index (χ3v) is 4.70. The summed E-state index contributed by atoms with van der Waals surface area (Å²) >= 11 is 0. The summed E-state index contributed by atoms with van der Waals surface area (Å²) in [5.41, 5.74) is 1.43. The van der Waals surface area contributed by atoms with Gasteiger partial charge in [-0.1, -0.05) is 54.6 Å². The zero-order valence-corrected chi connectivity index (χ0v) is 15.0. The van der Waals surface area contributed by atoms with E-state index in [-0.39, 0.29) is 18.0 Å². The Hall–Kier alpha value is -3.47. The molecule has 0 saturated heterocycles. The number of fused-ring (bicyclic) bond motifs is 2. The fraction of sp³-hybridized carbons (Fsp3) is 0.136. The summed E-state index contributed by atoms with van der Waals surface area (Å²) in [7, 11) is 1.72. The number of aromatic amines is 1. The van der Waals surface area contributed by atoms with Crippen LogP contribution in [0.5, 0.6) is 0 Å². The molecule has 0 aliphatic carbocycles. The molecule has 4 rings (SSSR count). The van der Waals surface area contributed by atoms with Crippen molar-refractivity contribution < 1.29 is 4.79 Å². The quantitative estimate of drug-likeness (QED) is 0.609. The number of benzene rings is 3. The maximum atomic E-state index is 12.7. The van der Waals surface area contributed by atoms with Gasteiger partial charge in [-0.15, -0.1) is 0 Å². The number of hydrogen-bond donors (Lipinski definition) is 1. The third kappa shape index (κ3) is 3.44. The molecule has 0 radical (unpaired) electrons. The van der Waals surface area contributed by atoms with Gasteiger partial charge in [0.05, 0.1) is 23.9 Å². The second kappa shape index (κ2) is 7.03. The number of amides is 1. The van der Waals surface area contributed by atoms with Crippen LogP contribution >= 0.6 is 0 Å². The summed E-state index contributed by atoms with van der Waals surface area (Å²) in [6.07, 6.45) is 0.301. The van der Waals surface area contributed by atoms with Crippen molar-refractivity contribution >= 4 is 27.6 Å². The number of rotatable bonds is 4. The zero-order chi connectivity index (χ0) is 18.8. The monoisotopic (exact) mass is 357 g/mol. The van der Waals surface area contributed by atoms with Gasteiger partial charge in [-0.25, -0.2) is 4.98 Å². The average molecular weight is 357 g/mol. The Labute approximate surface area is 156 Å².